The molecule has 0 radical (unpaired) electrons. The van der Waals surface area contributed by atoms with Gasteiger partial charge < -0.3 is 4.74 Å². The van der Waals surface area contributed by atoms with E-state index >= 15 is 0 Å². The molecule has 2 unspecified atom stereocenters. The highest BCUT2D eigenvalue weighted by Gasteiger charge is 2.22. The van der Waals surface area contributed by atoms with E-state index in [0.717, 1.165) is 30.2 Å². The van der Waals surface area contributed by atoms with Crippen molar-refractivity contribution in [1.82, 2.24) is 0 Å². The topological polar surface area (TPSA) is 9.23 Å². The summed E-state index contributed by atoms with van der Waals surface area (Å²) in [6, 6.07) is 8.32. The van der Waals surface area contributed by atoms with Crippen LogP contribution in [0.3, 0.4) is 0 Å². The van der Waals surface area contributed by atoms with Crippen molar-refractivity contribution in [3.8, 4) is 5.75 Å². The Bertz CT molecular complexity index is 317. The van der Waals surface area contributed by atoms with Crippen molar-refractivity contribution in [3.05, 3.63) is 29.8 Å². The molecule has 1 nitrogen and oxygen atoms in total. The van der Waals surface area contributed by atoms with Crippen LogP contribution < -0.4 is 4.74 Å². The number of fused-ring (bicyclic) bond motifs is 1. The smallest absolute Gasteiger partial charge is 0.123 e. The highest BCUT2D eigenvalue weighted by molar-refractivity contribution is 7.99. The molecule has 0 saturated carbocycles. The number of thioether (sulfide) groups is 1. The molecule has 1 aliphatic heterocycles. The van der Waals surface area contributed by atoms with Crippen LogP contribution in [0.15, 0.2) is 24.3 Å². The summed E-state index contributed by atoms with van der Waals surface area (Å²) in [5.41, 5.74) is 1.35. The molecule has 0 bridgehead atoms. The van der Waals surface area contributed by atoms with Gasteiger partial charge in [-0.2, -0.15) is 11.8 Å². The lowest BCUT2D eigenvalue weighted by atomic mass is 10.1. The van der Waals surface area contributed by atoms with E-state index in [4.69, 9.17) is 16.3 Å². The minimum Gasteiger partial charge on any atom is -0.489 e. The van der Waals surface area contributed by atoms with E-state index in [9.17, 15) is 0 Å². The normalized spacial score (nSPS) is 20.2. The molecule has 0 N–H and O–H groups in total. The molecule has 0 amide bonds. The Morgan fingerprint density at radius 3 is 3.06 bits per heavy atom. The van der Waals surface area contributed by atoms with Gasteiger partial charge in [-0.05, 0) is 18.1 Å². The lowest BCUT2D eigenvalue weighted by molar-refractivity contribution is 0.259. The van der Waals surface area contributed by atoms with E-state index in [1.54, 1.807) is 0 Å². The fourth-order valence-electron chi connectivity index (χ4n) is 1.86. The lowest BCUT2D eigenvalue weighted by Crippen LogP contribution is -2.17. The molecule has 1 aromatic rings. The summed E-state index contributed by atoms with van der Waals surface area (Å²) < 4.78 is 5.88. The molecule has 88 valence electrons. The minimum absolute atomic E-state index is 0.347. The van der Waals surface area contributed by atoms with Crippen LogP contribution in [0.1, 0.15) is 18.9 Å². The number of hydrogen-bond acceptors (Lipinski definition) is 2. The van der Waals surface area contributed by atoms with Gasteiger partial charge in [-0.15, -0.1) is 11.6 Å². The van der Waals surface area contributed by atoms with Crippen molar-refractivity contribution < 1.29 is 4.74 Å². The number of benzene rings is 1. The van der Waals surface area contributed by atoms with Crippen molar-refractivity contribution in [2.24, 2.45) is 0 Å². The van der Waals surface area contributed by atoms with Crippen molar-refractivity contribution in [2.75, 3.05) is 11.6 Å². The average molecular weight is 257 g/mol. The van der Waals surface area contributed by atoms with Crippen molar-refractivity contribution in [2.45, 2.75) is 31.1 Å². The zero-order valence-electron chi connectivity index (χ0n) is 9.49. The molecule has 0 aromatic heterocycles. The van der Waals surface area contributed by atoms with Gasteiger partial charge >= 0.3 is 0 Å². The van der Waals surface area contributed by atoms with Crippen LogP contribution in [0.2, 0.25) is 0 Å². The second kappa shape index (κ2) is 5.83. The van der Waals surface area contributed by atoms with Gasteiger partial charge in [0.25, 0.3) is 0 Å². The van der Waals surface area contributed by atoms with Gasteiger partial charge in [0.15, 0.2) is 0 Å². The average Bonchev–Trinajstić information content (AvgIpc) is 2.69. The van der Waals surface area contributed by atoms with Gasteiger partial charge in [-0.1, -0.05) is 25.1 Å². The van der Waals surface area contributed by atoms with Gasteiger partial charge in [-0.25, -0.2) is 0 Å². The zero-order valence-corrected chi connectivity index (χ0v) is 11.1. The van der Waals surface area contributed by atoms with Crippen LogP contribution in [0, 0.1) is 0 Å². The second-order valence-corrected chi connectivity index (χ2v) is 6.02. The predicted molar refractivity (Wildman–Crippen MR) is 71.8 cm³/mol. The zero-order chi connectivity index (χ0) is 11.4. The first-order chi connectivity index (χ1) is 7.79. The molecular formula is C13H17ClOS. The van der Waals surface area contributed by atoms with E-state index < -0.39 is 0 Å². The lowest BCUT2D eigenvalue weighted by Gasteiger charge is -2.13. The van der Waals surface area contributed by atoms with E-state index in [1.165, 1.54) is 5.56 Å². The molecule has 1 heterocycles. The number of halogens is 1. The SMILES string of the molecule is CC(CCCl)SCC1Cc2ccccc2O1. The molecule has 0 fully saturated rings. The predicted octanol–water partition coefficient (Wildman–Crippen LogP) is 3.74. The third-order valence-corrected chi connectivity index (χ3v) is 4.38. The highest BCUT2D eigenvalue weighted by Crippen LogP contribution is 2.30. The third-order valence-electron chi connectivity index (χ3n) is 2.80. The Balaban J connectivity index is 1.79. The first kappa shape index (κ1) is 12.1. The molecular weight excluding hydrogens is 240 g/mol. The molecule has 0 saturated heterocycles. The summed E-state index contributed by atoms with van der Waals surface area (Å²) >= 11 is 7.68. The first-order valence-electron chi connectivity index (χ1n) is 5.71. The van der Waals surface area contributed by atoms with Gasteiger partial charge in [0.1, 0.15) is 11.9 Å². The number of rotatable bonds is 5. The number of alkyl halides is 1. The summed E-state index contributed by atoms with van der Waals surface area (Å²) in [5, 5.41) is 0.629. The fraction of sp³-hybridized carbons (Fsp3) is 0.538. The molecule has 16 heavy (non-hydrogen) atoms. The van der Waals surface area contributed by atoms with Crippen LogP contribution in [-0.2, 0) is 6.42 Å². The van der Waals surface area contributed by atoms with E-state index in [-0.39, 0.29) is 0 Å². The summed E-state index contributed by atoms with van der Waals surface area (Å²) in [5.74, 6) is 2.88. The quantitative estimate of drug-likeness (QED) is 0.743. The molecule has 0 aliphatic carbocycles. The van der Waals surface area contributed by atoms with Crippen LogP contribution in [0.5, 0.6) is 5.75 Å². The monoisotopic (exact) mass is 256 g/mol. The number of hydrogen-bond donors (Lipinski definition) is 0. The minimum atomic E-state index is 0.347. The maximum absolute atomic E-state index is 5.88. The Labute approximate surface area is 107 Å². The van der Waals surface area contributed by atoms with Crippen molar-refractivity contribution in [1.29, 1.82) is 0 Å². The van der Waals surface area contributed by atoms with Crippen LogP contribution >= 0.6 is 23.4 Å². The first-order valence-corrected chi connectivity index (χ1v) is 7.30. The summed E-state index contributed by atoms with van der Waals surface area (Å²) in [6.07, 6.45) is 2.48. The van der Waals surface area contributed by atoms with E-state index in [0.29, 0.717) is 11.4 Å². The summed E-state index contributed by atoms with van der Waals surface area (Å²) in [4.78, 5) is 0. The summed E-state index contributed by atoms with van der Waals surface area (Å²) in [7, 11) is 0. The van der Waals surface area contributed by atoms with Crippen molar-refractivity contribution >= 4 is 23.4 Å². The van der Waals surface area contributed by atoms with Gasteiger partial charge in [0.2, 0.25) is 0 Å². The summed E-state index contributed by atoms with van der Waals surface area (Å²) in [6.45, 7) is 2.23. The van der Waals surface area contributed by atoms with E-state index in [2.05, 4.69) is 25.1 Å². The third kappa shape index (κ3) is 3.08. The Morgan fingerprint density at radius 2 is 2.31 bits per heavy atom. The maximum Gasteiger partial charge on any atom is 0.123 e. The second-order valence-electron chi connectivity index (χ2n) is 4.17. The number of para-hydroxylation sites is 1. The highest BCUT2D eigenvalue weighted by atomic mass is 35.5. The molecule has 2 atom stereocenters. The molecule has 1 aliphatic rings. The maximum atomic E-state index is 5.88. The van der Waals surface area contributed by atoms with Crippen LogP contribution in [-0.4, -0.2) is 23.0 Å². The Hall–Kier alpha value is -0.340. The molecule has 0 spiro atoms. The van der Waals surface area contributed by atoms with Crippen molar-refractivity contribution in [3.63, 3.8) is 0 Å². The van der Waals surface area contributed by atoms with Crippen LogP contribution in [0.4, 0.5) is 0 Å². The largest absolute Gasteiger partial charge is 0.489 e. The van der Waals surface area contributed by atoms with Gasteiger partial charge in [0.05, 0.1) is 0 Å². The van der Waals surface area contributed by atoms with E-state index in [1.807, 2.05) is 17.8 Å². The standard InChI is InChI=1S/C13H17ClOS/c1-10(6-7-14)16-9-12-8-11-4-2-3-5-13(11)15-12/h2-5,10,12H,6-9H2,1H3. The Kier molecular flexibility index (Phi) is 4.42. The molecule has 3 heteroatoms. The molecule has 2 rings (SSSR count). The van der Waals surface area contributed by atoms with Crippen LogP contribution in [0.25, 0.3) is 0 Å². The Morgan fingerprint density at radius 1 is 1.50 bits per heavy atom. The fourth-order valence-corrected chi connectivity index (χ4v) is 3.33. The number of ether oxygens (including phenoxy) is 1. The van der Waals surface area contributed by atoms with Gasteiger partial charge in [-0.3, -0.25) is 0 Å². The van der Waals surface area contributed by atoms with Gasteiger partial charge in [0, 0.05) is 23.3 Å². The molecule has 1 aromatic carbocycles.